The van der Waals surface area contributed by atoms with Crippen LogP contribution in [0.25, 0.3) is 6.08 Å². The monoisotopic (exact) mass is 247 g/mol. The predicted octanol–water partition coefficient (Wildman–Crippen LogP) is 3.65. The van der Waals surface area contributed by atoms with Crippen molar-refractivity contribution in [2.75, 3.05) is 13.1 Å². The van der Waals surface area contributed by atoms with Gasteiger partial charge in [0.1, 0.15) is 6.17 Å². The minimum atomic E-state index is -0.814. The highest BCUT2D eigenvalue weighted by Crippen LogP contribution is 2.22. The molecular weight excluding hydrogens is 225 g/mol. The fourth-order valence-electron chi connectivity index (χ4n) is 2.60. The summed E-state index contributed by atoms with van der Waals surface area (Å²) in [6.45, 7) is 6.04. The number of hydrogen-bond acceptors (Lipinski definition) is 1. The summed E-state index contributed by atoms with van der Waals surface area (Å²) in [5.41, 5.74) is 3.58. The molecule has 98 valence electrons. The summed E-state index contributed by atoms with van der Waals surface area (Å²) in [6.07, 6.45) is 4.77. The summed E-state index contributed by atoms with van der Waals surface area (Å²) >= 11 is 0. The van der Waals surface area contributed by atoms with Crippen molar-refractivity contribution >= 4 is 6.08 Å². The SMILES string of the molecule is Cc1cccc(C)c1/C=C/C(F)C1CCNCC1. The van der Waals surface area contributed by atoms with E-state index < -0.39 is 6.17 Å². The van der Waals surface area contributed by atoms with Gasteiger partial charge in [-0.1, -0.05) is 24.3 Å². The largest absolute Gasteiger partial charge is 0.317 e. The molecule has 0 radical (unpaired) electrons. The van der Waals surface area contributed by atoms with Crippen LogP contribution < -0.4 is 5.32 Å². The second-order valence-electron chi connectivity index (χ2n) is 5.20. The Balaban J connectivity index is 2.05. The van der Waals surface area contributed by atoms with E-state index >= 15 is 0 Å². The van der Waals surface area contributed by atoms with E-state index in [1.807, 2.05) is 12.1 Å². The number of rotatable bonds is 3. The van der Waals surface area contributed by atoms with Gasteiger partial charge >= 0.3 is 0 Å². The molecule has 1 atom stereocenters. The van der Waals surface area contributed by atoms with Crippen molar-refractivity contribution in [3.8, 4) is 0 Å². The molecule has 2 heteroatoms. The Kier molecular flexibility index (Phi) is 4.54. The molecule has 0 aromatic heterocycles. The molecule has 0 amide bonds. The molecule has 2 rings (SSSR count). The Hall–Kier alpha value is -1.15. The third-order valence-corrected chi connectivity index (χ3v) is 3.82. The first-order valence-corrected chi connectivity index (χ1v) is 6.77. The van der Waals surface area contributed by atoms with E-state index in [-0.39, 0.29) is 5.92 Å². The lowest BCUT2D eigenvalue weighted by atomic mass is 9.92. The van der Waals surface area contributed by atoms with Crippen molar-refractivity contribution in [2.45, 2.75) is 32.9 Å². The molecule has 1 saturated heterocycles. The summed E-state index contributed by atoms with van der Waals surface area (Å²) in [6, 6.07) is 6.19. The first-order chi connectivity index (χ1) is 8.68. The van der Waals surface area contributed by atoms with Crippen LogP contribution in [0.5, 0.6) is 0 Å². The topological polar surface area (TPSA) is 12.0 Å². The average molecular weight is 247 g/mol. The maximum atomic E-state index is 14.1. The molecule has 1 aliphatic heterocycles. The van der Waals surface area contributed by atoms with Crippen LogP contribution in [0.2, 0.25) is 0 Å². The molecule has 0 bridgehead atoms. The molecule has 1 aliphatic rings. The van der Waals surface area contributed by atoms with Crippen molar-refractivity contribution in [3.05, 3.63) is 41.0 Å². The molecule has 1 nitrogen and oxygen atoms in total. The van der Waals surface area contributed by atoms with Crippen LogP contribution in [-0.2, 0) is 0 Å². The van der Waals surface area contributed by atoms with Gasteiger partial charge in [0.05, 0.1) is 0 Å². The third kappa shape index (κ3) is 3.20. The van der Waals surface area contributed by atoms with Crippen LogP contribution in [-0.4, -0.2) is 19.3 Å². The van der Waals surface area contributed by atoms with Crippen LogP contribution in [0.15, 0.2) is 24.3 Å². The highest BCUT2D eigenvalue weighted by molar-refractivity contribution is 5.57. The van der Waals surface area contributed by atoms with Gasteiger partial charge in [0.2, 0.25) is 0 Å². The Labute approximate surface area is 109 Å². The summed E-state index contributed by atoms with van der Waals surface area (Å²) in [7, 11) is 0. The van der Waals surface area contributed by atoms with Gasteiger partial charge in [0.15, 0.2) is 0 Å². The van der Waals surface area contributed by atoms with Crippen molar-refractivity contribution in [1.82, 2.24) is 5.32 Å². The quantitative estimate of drug-likeness (QED) is 0.859. The summed E-state index contributed by atoms with van der Waals surface area (Å²) in [5, 5.41) is 3.27. The minimum Gasteiger partial charge on any atom is -0.317 e. The molecule has 1 heterocycles. The van der Waals surface area contributed by atoms with Gasteiger partial charge in [-0.15, -0.1) is 0 Å². The van der Waals surface area contributed by atoms with Gasteiger partial charge in [-0.3, -0.25) is 0 Å². The third-order valence-electron chi connectivity index (χ3n) is 3.82. The Morgan fingerprint density at radius 1 is 1.22 bits per heavy atom. The van der Waals surface area contributed by atoms with Crippen LogP contribution in [0.4, 0.5) is 4.39 Å². The van der Waals surface area contributed by atoms with Gasteiger partial charge < -0.3 is 5.32 Å². The fraction of sp³-hybridized carbons (Fsp3) is 0.500. The summed E-state index contributed by atoms with van der Waals surface area (Å²) in [5.74, 6) is 0.187. The highest BCUT2D eigenvalue weighted by Gasteiger charge is 2.20. The number of allylic oxidation sites excluding steroid dienone is 1. The number of benzene rings is 1. The van der Waals surface area contributed by atoms with E-state index in [0.717, 1.165) is 31.5 Å². The van der Waals surface area contributed by atoms with E-state index in [1.54, 1.807) is 6.08 Å². The molecule has 1 unspecified atom stereocenters. The van der Waals surface area contributed by atoms with Crippen LogP contribution >= 0.6 is 0 Å². The second-order valence-corrected chi connectivity index (χ2v) is 5.20. The molecule has 0 spiro atoms. The zero-order valence-electron chi connectivity index (χ0n) is 11.2. The first kappa shape index (κ1) is 13.3. The number of halogens is 1. The van der Waals surface area contributed by atoms with Crippen LogP contribution in [0, 0.1) is 19.8 Å². The standard InChI is InChI=1S/C16H22FN/c1-12-4-3-5-13(2)15(12)6-7-16(17)14-8-10-18-11-9-14/h3-7,14,16,18H,8-11H2,1-2H3/b7-6+. The van der Waals surface area contributed by atoms with Crippen molar-refractivity contribution in [1.29, 1.82) is 0 Å². The fourth-order valence-corrected chi connectivity index (χ4v) is 2.60. The zero-order chi connectivity index (χ0) is 13.0. The van der Waals surface area contributed by atoms with Gasteiger partial charge in [-0.2, -0.15) is 0 Å². The van der Waals surface area contributed by atoms with E-state index in [0.29, 0.717) is 0 Å². The number of hydrogen-bond donors (Lipinski definition) is 1. The Morgan fingerprint density at radius 3 is 2.44 bits per heavy atom. The second kappa shape index (κ2) is 6.14. The number of piperidine rings is 1. The molecule has 1 fully saturated rings. The Morgan fingerprint density at radius 2 is 1.83 bits per heavy atom. The first-order valence-electron chi connectivity index (χ1n) is 6.77. The lowest BCUT2D eigenvalue weighted by Gasteiger charge is -2.24. The number of aryl methyl sites for hydroxylation is 2. The van der Waals surface area contributed by atoms with Gasteiger partial charge in [-0.25, -0.2) is 4.39 Å². The van der Waals surface area contributed by atoms with E-state index in [4.69, 9.17) is 0 Å². The van der Waals surface area contributed by atoms with Crippen molar-refractivity contribution in [2.24, 2.45) is 5.92 Å². The summed E-state index contributed by atoms with van der Waals surface area (Å²) in [4.78, 5) is 0. The van der Waals surface area contributed by atoms with E-state index in [1.165, 1.54) is 11.1 Å². The lowest BCUT2D eigenvalue weighted by molar-refractivity contribution is 0.231. The molecule has 18 heavy (non-hydrogen) atoms. The van der Waals surface area contributed by atoms with E-state index in [2.05, 4.69) is 31.3 Å². The number of nitrogens with one attached hydrogen (secondary N) is 1. The zero-order valence-corrected chi connectivity index (χ0v) is 11.2. The molecule has 0 saturated carbocycles. The van der Waals surface area contributed by atoms with Crippen LogP contribution in [0.1, 0.15) is 29.5 Å². The maximum Gasteiger partial charge on any atom is 0.121 e. The molecule has 0 aliphatic carbocycles. The minimum absolute atomic E-state index is 0.187. The van der Waals surface area contributed by atoms with Crippen LogP contribution in [0.3, 0.4) is 0 Å². The molecule has 1 aromatic carbocycles. The van der Waals surface area contributed by atoms with Gasteiger partial charge in [0, 0.05) is 0 Å². The van der Waals surface area contributed by atoms with Gasteiger partial charge in [-0.05, 0) is 68.5 Å². The number of alkyl halides is 1. The molecule has 1 N–H and O–H groups in total. The molecule has 1 aromatic rings. The lowest BCUT2D eigenvalue weighted by Crippen LogP contribution is -2.31. The normalized spacial score (nSPS) is 19.3. The summed E-state index contributed by atoms with van der Waals surface area (Å²) < 4.78 is 14.1. The smallest absolute Gasteiger partial charge is 0.121 e. The molecular formula is C16H22FN. The van der Waals surface area contributed by atoms with Gasteiger partial charge in [0.25, 0.3) is 0 Å². The van der Waals surface area contributed by atoms with E-state index in [9.17, 15) is 4.39 Å². The predicted molar refractivity (Wildman–Crippen MR) is 75.4 cm³/mol. The Bertz CT molecular complexity index is 399. The average Bonchev–Trinajstić information content (AvgIpc) is 2.39. The van der Waals surface area contributed by atoms with Crippen molar-refractivity contribution in [3.63, 3.8) is 0 Å². The van der Waals surface area contributed by atoms with Crippen molar-refractivity contribution < 1.29 is 4.39 Å². The maximum absolute atomic E-state index is 14.1. The highest BCUT2D eigenvalue weighted by atomic mass is 19.1.